The monoisotopic (exact) mass is 170 g/mol. The molecule has 1 aromatic carbocycles. The van der Waals surface area contributed by atoms with E-state index in [0.29, 0.717) is 5.56 Å². The minimum atomic E-state index is -0.610. The summed E-state index contributed by atoms with van der Waals surface area (Å²) in [5.74, 6) is -0.503. The van der Waals surface area contributed by atoms with Crippen molar-refractivity contribution in [3.63, 3.8) is 0 Å². The molecule has 12 heavy (non-hydrogen) atoms. The van der Waals surface area contributed by atoms with Crippen molar-refractivity contribution in [1.82, 2.24) is 0 Å². The second-order valence-corrected chi connectivity index (χ2v) is 2.53. The molecule has 0 radical (unpaired) electrons. The summed E-state index contributed by atoms with van der Waals surface area (Å²) in [7, 11) is 0. The van der Waals surface area contributed by atoms with Crippen LogP contribution in [0.15, 0.2) is 18.2 Å². The summed E-state index contributed by atoms with van der Waals surface area (Å²) in [5, 5.41) is 8.70. The van der Waals surface area contributed by atoms with Crippen LogP contribution in [0.3, 0.4) is 0 Å². The molecule has 0 aliphatic rings. The molecule has 1 unspecified atom stereocenters. The van der Waals surface area contributed by atoms with E-state index < -0.39 is 11.9 Å². The van der Waals surface area contributed by atoms with Crippen molar-refractivity contribution in [3.05, 3.63) is 29.6 Å². The van der Waals surface area contributed by atoms with Gasteiger partial charge in [0.2, 0.25) is 0 Å². The molecule has 4 heteroatoms. The minimum Gasteiger partial charge on any atom is -0.396 e. The van der Waals surface area contributed by atoms with Crippen molar-refractivity contribution in [2.75, 3.05) is 12.3 Å². The highest BCUT2D eigenvalue weighted by Gasteiger charge is 2.10. The fourth-order valence-electron chi connectivity index (χ4n) is 0.975. The maximum atomic E-state index is 12.8. The van der Waals surface area contributed by atoms with Gasteiger partial charge in [-0.2, -0.15) is 0 Å². The fraction of sp³-hybridized carbons (Fsp3) is 0.250. The first-order chi connectivity index (χ1) is 5.66. The van der Waals surface area contributed by atoms with Crippen LogP contribution in [-0.4, -0.2) is 11.7 Å². The van der Waals surface area contributed by atoms with Gasteiger partial charge >= 0.3 is 0 Å². The molecule has 0 heterocycles. The van der Waals surface area contributed by atoms with Crippen LogP contribution in [-0.2, 0) is 0 Å². The number of hydrogen-bond donors (Lipinski definition) is 3. The van der Waals surface area contributed by atoms with Crippen molar-refractivity contribution in [2.24, 2.45) is 5.73 Å². The smallest absolute Gasteiger partial charge is 0.146 e. The number of anilines is 1. The summed E-state index contributed by atoms with van der Waals surface area (Å²) in [5.41, 5.74) is 11.3. The normalized spacial score (nSPS) is 12.9. The lowest BCUT2D eigenvalue weighted by molar-refractivity contribution is 0.268. The zero-order valence-corrected chi connectivity index (χ0v) is 6.50. The van der Waals surface area contributed by atoms with Crippen molar-refractivity contribution in [1.29, 1.82) is 0 Å². The lowest BCUT2D eigenvalue weighted by Gasteiger charge is -2.11. The standard InChI is InChI=1S/C8H11FN2O/c9-6-3-1-2-5(8(6)11)7(10)4-12/h1-3,7,12H,4,10-11H2. The molecule has 0 aliphatic heterocycles. The highest BCUT2D eigenvalue weighted by Crippen LogP contribution is 2.20. The van der Waals surface area contributed by atoms with E-state index in [1.165, 1.54) is 12.1 Å². The topological polar surface area (TPSA) is 72.3 Å². The molecule has 0 amide bonds. The van der Waals surface area contributed by atoms with Gasteiger partial charge in [-0.3, -0.25) is 0 Å². The van der Waals surface area contributed by atoms with Crippen LogP contribution in [0.2, 0.25) is 0 Å². The molecule has 0 aromatic heterocycles. The van der Waals surface area contributed by atoms with Gasteiger partial charge in [-0.05, 0) is 11.6 Å². The first-order valence-electron chi connectivity index (χ1n) is 3.57. The maximum Gasteiger partial charge on any atom is 0.146 e. The second kappa shape index (κ2) is 3.51. The summed E-state index contributed by atoms with van der Waals surface area (Å²) in [6.45, 7) is -0.242. The van der Waals surface area contributed by atoms with Gasteiger partial charge in [-0.1, -0.05) is 12.1 Å². The van der Waals surface area contributed by atoms with Gasteiger partial charge < -0.3 is 16.6 Å². The number of hydrogen-bond acceptors (Lipinski definition) is 3. The number of benzene rings is 1. The Morgan fingerprint density at radius 1 is 1.50 bits per heavy atom. The molecule has 3 nitrogen and oxygen atoms in total. The van der Waals surface area contributed by atoms with E-state index >= 15 is 0 Å². The quantitative estimate of drug-likeness (QED) is 0.562. The van der Waals surface area contributed by atoms with Crippen LogP contribution < -0.4 is 11.5 Å². The number of nitrogens with two attached hydrogens (primary N) is 2. The first-order valence-corrected chi connectivity index (χ1v) is 3.57. The second-order valence-electron chi connectivity index (χ2n) is 2.53. The Hall–Kier alpha value is -1.13. The average Bonchev–Trinajstić information content (AvgIpc) is 2.08. The molecule has 1 aromatic rings. The predicted octanol–water partition coefficient (Wildman–Crippen LogP) is 0.400. The zero-order valence-electron chi connectivity index (χ0n) is 6.50. The Morgan fingerprint density at radius 3 is 2.75 bits per heavy atom. The van der Waals surface area contributed by atoms with Crippen LogP contribution in [0.4, 0.5) is 10.1 Å². The van der Waals surface area contributed by atoms with E-state index in [4.69, 9.17) is 16.6 Å². The Morgan fingerprint density at radius 2 is 2.17 bits per heavy atom. The van der Waals surface area contributed by atoms with Crippen LogP contribution in [0.25, 0.3) is 0 Å². The number of aliphatic hydroxyl groups excluding tert-OH is 1. The molecule has 66 valence electrons. The third kappa shape index (κ3) is 1.54. The fourth-order valence-corrected chi connectivity index (χ4v) is 0.975. The molecular formula is C8H11FN2O. The van der Waals surface area contributed by atoms with Crippen molar-refractivity contribution < 1.29 is 9.50 Å². The molecule has 1 rings (SSSR count). The maximum absolute atomic E-state index is 12.8. The predicted molar refractivity (Wildman–Crippen MR) is 44.8 cm³/mol. The Kier molecular flexibility index (Phi) is 2.62. The van der Waals surface area contributed by atoms with Crippen LogP contribution >= 0.6 is 0 Å². The van der Waals surface area contributed by atoms with Crippen LogP contribution in [0.1, 0.15) is 11.6 Å². The van der Waals surface area contributed by atoms with E-state index in [1.807, 2.05) is 0 Å². The molecular weight excluding hydrogens is 159 g/mol. The van der Waals surface area contributed by atoms with E-state index in [0.717, 1.165) is 0 Å². The molecule has 0 aliphatic carbocycles. The van der Waals surface area contributed by atoms with E-state index in [2.05, 4.69) is 0 Å². The van der Waals surface area contributed by atoms with Crippen LogP contribution in [0, 0.1) is 5.82 Å². The summed E-state index contributed by atoms with van der Waals surface area (Å²) < 4.78 is 12.8. The van der Waals surface area contributed by atoms with Crippen molar-refractivity contribution in [2.45, 2.75) is 6.04 Å². The molecule has 0 spiro atoms. The van der Waals surface area contributed by atoms with Gasteiger partial charge in [-0.25, -0.2) is 4.39 Å². The Bertz CT molecular complexity index is 278. The third-order valence-corrected chi connectivity index (χ3v) is 1.68. The van der Waals surface area contributed by atoms with E-state index in [-0.39, 0.29) is 12.3 Å². The first kappa shape index (κ1) is 8.96. The van der Waals surface area contributed by atoms with Crippen LogP contribution in [0.5, 0.6) is 0 Å². The summed E-state index contributed by atoms with van der Waals surface area (Å²) in [6, 6.07) is 3.75. The lowest BCUT2D eigenvalue weighted by Crippen LogP contribution is -2.16. The molecule has 0 saturated heterocycles. The molecule has 1 atom stereocenters. The Labute approximate surface area is 69.8 Å². The van der Waals surface area contributed by atoms with Gasteiger partial charge in [0.15, 0.2) is 0 Å². The Balaban J connectivity index is 3.07. The lowest BCUT2D eigenvalue weighted by atomic mass is 10.1. The summed E-state index contributed by atoms with van der Waals surface area (Å²) in [6.07, 6.45) is 0. The molecule has 0 fully saturated rings. The van der Waals surface area contributed by atoms with Crippen molar-refractivity contribution >= 4 is 5.69 Å². The SMILES string of the molecule is Nc1c(F)cccc1C(N)CO. The number of halogens is 1. The highest BCUT2D eigenvalue weighted by molar-refractivity contribution is 5.49. The molecule has 5 N–H and O–H groups in total. The summed E-state index contributed by atoms with van der Waals surface area (Å²) in [4.78, 5) is 0. The third-order valence-electron chi connectivity index (χ3n) is 1.68. The highest BCUT2D eigenvalue weighted by atomic mass is 19.1. The van der Waals surface area contributed by atoms with Crippen molar-refractivity contribution in [3.8, 4) is 0 Å². The minimum absolute atomic E-state index is 0.0130. The van der Waals surface area contributed by atoms with Gasteiger partial charge in [0.05, 0.1) is 18.3 Å². The summed E-state index contributed by atoms with van der Waals surface area (Å²) >= 11 is 0. The molecule has 0 saturated carbocycles. The van der Waals surface area contributed by atoms with Gasteiger partial charge in [-0.15, -0.1) is 0 Å². The van der Waals surface area contributed by atoms with E-state index in [9.17, 15) is 4.39 Å². The number of para-hydroxylation sites is 1. The molecule has 0 bridgehead atoms. The largest absolute Gasteiger partial charge is 0.396 e. The van der Waals surface area contributed by atoms with Gasteiger partial charge in [0, 0.05) is 0 Å². The number of rotatable bonds is 2. The number of aliphatic hydroxyl groups is 1. The van der Waals surface area contributed by atoms with E-state index in [1.54, 1.807) is 6.07 Å². The van der Waals surface area contributed by atoms with Gasteiger partial charge in [0.1, 0.15) is 5.82 Å². The number of nitrogen functional groups attached to an aromatic ring is 1. The van der Waals surface area contributed by atoms with Gasteiger partial charge in [0.25, 0.3) is 0 Å². The average molecular weight is 170 g/mol. The zero-order chi connectivity index (χ0) is 9.14.